The highest BCUT2D eigenvalue weighted by molar-refractivity contribution is 6.31. The Hall–Kier alpha value is -1.54. The number of carbonyl (C=O) groups excluding carboxylic acids is 1. The molecular weight excluding hydrogens is 264 g/mol. The van der Waals surface area contributed by atoms with Crippen LogP contribution in [-0.4, -0.2) is 43.2 Å². The second-order valence-corrected chi connectivity index (χ2v) is 4.69. The van der Waals surface area contributed by atoms with Crippen molar-refractivity contribution in [3.8, 4) is 11.8 Å². The number of nitrogens with one attached hydrogen (secondary N) is 1. The molecule has 5 heteroatoms. The fraction of sp³-hybridized carbons (Fsp3) is 0.357. The fourth-order valence-corrected chi connectivity index (χ4v) is 1.59. The van der Waals surface area contributed by atoms with Crippen LogP contribution in [0.15, 0.2) is 18.2 Å². The number of aliphatic hydroxyl groups is 1. The maximum Gasteiger partial charge on any atom is 0.238 e. The Morgan fingerprint density at radius 2 is 2.21 bits per heavy atom. The lowest BCUT2D eigenvalue weighted by Crippen LogP contribution is -2.27. The molecule has 1 rings (SSSR count). The molecule has 19 heavy (non-hydrogen) atoms. The van der Waals surface area contributed by atoms with Crippen molar-refractivity contribution in [3.63, 3.8) is 0 Å². The van der Waals surface area contributed by atoms with Crippen molar-refractivity contribution in [1.29, 1.82) is 0 Å². The van der Waals surface area contributed by atoms with Crippen LogP contribution in [0.3, 0.4) is 0 Å². The molecule has 1 amide bonds. The molecule has 0 saturated heterocycles. The SMILES string of the molecule is CN(C)CC(=O)Nc1cc(Cl)ccc1C#CCCO. The first-order valence-corrected chi connectivity index (χ1v) is 6.24. The van der Waals surface area contributed by atoms with E-state index in [1.807, 2.05) is 14.1 Å². The molecule has 0 aromatic heterocycles. The van der Waals surface area contributed by atoms with E-state index in [9.17, 15) is 4.79 Å². The number of rotatable bonds is 4. The fourth-order valence-electron chi connectivity index (χ4n) is 1.42. The molecule has 0 aliphatic carbocycles. The summed E-state index contributed by atoms with van der Waals surface area (Å²) in [7, 11) is 3.64. The zero-order valence-corrected chi connectivity index (χ0v) is 11.8. The minimum atomic E-state index is -0.127. The van der Waals surface area contributed by atoms with Crippen LogP contribution in [0.5, 0.6) is 0 Å². The Balaban J connectivity index is 2.89. The van der Waals surface area contributed by atoms with E-state index in [1.54, 1.807) is 23.1 Å². The molecule has 0 fully saturated rings. The van der Waals surface area contributed by atoms with Gasteiger partial charge in [-0.3, -0.25) is 4.79 Å². The molecule has 0 spiro atoms. The number of carbonyl (C=O) groups is 1. The van der Waals surface area contributed by atoms with Crippen LogP contribution in [0.4, 0.5) is 5.69 Å². The Bertz CT molecular complexity index is 504. The van der Waals surface area contributed by atoms with Crippen molar-refractivity contribution in [3.05, 3.63) is 28.8 Å². The van der Waals surface area contributed by atoms with Crippen molar-refractivity contribution in [2.75, 3.05) is 32.6 Å². The first-order valence-electron chi connectivity index (χ1n) is 5.87. The highest BCUT2D eigenvalue weighted by Crippen LogP contribution is 2.20. The number of hydrogen-bond acceptors (Lipinski definition) is 3. The largest absolute Gasteiger partial charge is 0.395 e. The molecule has 4 nitrogen and oxygen atoms in total. The number of likely N-dealkylation sites (N-methyl/N-ethyl adjacent to an activating group) is 1. The van der Waals surface area contributed by atoms with E-state index in [-0.39, 0.29) is 19.1 Å². The van der Waals surface area contributed by atoms with Gasteiger partial charge >= 0.3 is 0 Å². The lowest BCUT2D eigenvalue weighted by Gasteiger charge is -2.11. The van der Waals surface area contributed by atoms with Gasteiger partial charge in [-0.1, -0.05) is 23.4 Å². The summed E-state index contributed by atoms with van der Waals surface area (Å²) in [4.78, 5) is 13.5. The average molecular weight is 281 g/mol. The number of benzene rings is 1. The summed E-state index contributed by atoms with van der Waals surface area (Å²) in [6, 6.07) is 5.13. The maximum atomic E-state index is 11.7. The third-order valence-corrected chi connectivity index (χ3v) is 2.41. The predicted octanol–water partition coefficient (Wildman–Crippen LogP) is 1.57. The molecule has 1 aromatic rings. The summed E-state index contributed by atoms with van der Waals surface area (Å²) < 4.78 is 0. The van der Waals surface area contributed by atoms with E-state index < -0.39 is 0 Å². The zero-order valence-electron chi connectivity index (χ0n) is 11.0. The number of amides is 1. The Labute approximate surface area is 118 Å². The molecule has 0 heterocycles. The molecular formula is C14H17ClN2O2. The highest BCUT2D eigenvalue weighted by atomic mass is 35.5. The molecule has 0 radical (unpaired) electrons. The van der Waals surface area contributed by atoms with Gasteiger partial charge in [0.15, 0.2) is 0 Å². The van der Waals surface area contributed by atoms with Crippen LogP contribution in [0, 0.1) is 11.8 Å². The minimum absolute atomic E-state index is 0.0168. The highest BCUT2D eigenvalue weighted by Gasteiger charge is 2.07. The molecule has 0 bridgehead atoms. The quantitative estimate of drug-likeness (QED) is 0.824. The molecule has 0 aliphatic heterocycles. The maximum absolute atomic E-state index is 11.7. The van der Waals surface area contributed by atoms with Crippen LogP contribution in [0.2, 0.25) is 5.02 Å². The Kier molecular flexibility index (Phi) is 6.37. The summed E-state index contributed by atoms with van der Waals surface area (Å²) in [5, 5.41) is 12.0. The standard InChI is InChI=1S/C14H17ClN2O2/c1-17(2)10-14(19)16-13-9-12(15)7-6-11(13)5-3-4-8-18/h6-7,9,18H,4,8,10H2,1-2H3,(H,16,19). The monoisotopic (exact) mass is 280 g/mol. The van der Waals surface area contributed by atoms with Crippen LogP contribution in [-0.2, 0) is 4.79 Å². The van der Waals surface area contributed by atoms with E-state index in [4.69, 9.17) is 16.7 Å². The zero-order chi connectivity index (χ0) is 14.3. The molecule has 102 valence electrons. The molecule has 0 atom stereocenters. The molecule has 0 aliphatic rings. The van der Waals surface area contributed by atoms with E-state index in [0.29, 0.717) is 22.7 Å². The van der Waals surface area contributed by atoms with Crippen LogP contribution in [0.25, 0.3) is 0 Å². The minimum Gasteiger partial charge on any atom is -0.395 e. The van der Waals surface area contributed by atoms with Gasteiger partial charge in [-0.2, -0.15) is 0 Å². The smallest absolute Gasteiger partial charge is 0.238 e. The van der Waals surface area contributed by atoms with Crippen molar-refractivity contribution in [2.24, 2.45) is 0 Å². The molecule has 0 unspecified atom stereocenters. The van der Waals surface area contributed by atoms with E-state index in [0.717, 1.165) is 0 Å². The van der Waals surface area contributed by atoms with E-state index in [2.05, 4.69) is 17.2 Å². The second kappa shape index (κ2) is 7.80. The summed E-state index contributed by atoms with van der Waals surface area (Å²) >= 11 is 5.92. The summed E-state index contributed by atoms with van der Waals surface area (Å²) in [6.45, 7) is 0.304. The van der Waals surface area contributed by atoms with Gasteiger partial charge in [-0.05, 0) is 32.3 Å². The molecule has 2 N–H and O–H groups in total. The summed E-state index contributed by atoms with van der Waals surface area (Å²) in [6.07, 6.45) is 0.397. The van der Waals surface area contributed by atoms with Crippen LogP contribution in [0.1, 0.15) is 12.0 Å². The van der Waals surface area contributed by atoms with Gasteiger partial charge in [0.25, 0.3) is 0 Å². The van der Waals surface area contributed by atoms with Gasteiger partial charge in [-0.25, -0.2) is 0 Å². The first kappa shape index (κ1) is 15.5. The third kappa shape index (κ3) is 5.75. The van der Waals surface area contributed by atoms with E-state index >= 15 is 0 Å². The summed E-state index contributed by atoms with van der Waals surface area (Å²) in [5.41, 5.74) is 1.27. The lowest BCUT2D eigenvalue weighted by molar-refractivity contribution is -0.116. The van der Waals surface area contributed by atoms with Gasteiger partial charge in [0.05, 0.1) is 18.8 Å². The molecule has 1 aromatic carbocycles. The van der Waals surface area contributed by atoms with Gasteiger partial charge in [-0.15, -0.1) is 0 Å². The number of hydrogen-bond donors (Lipinski definition) is 2. The number of aliphatic hydroxyl groups excluding tert-OH is 1. The topological polar surface area (TPSA) is 52.6 Å². The van der Waals surface area contributed by atoms with Crippen molar-refractivity contribution >= 4 is 23.2 Å². The molecule has 0 saturated carbocycles. The lowest BCUT2D eigenvalue weighted by atomic mass is 10.1. The van der Waals surface area contributed by atoms with Crippen molar-refractivity contribution < 1.29 is 9.90 Å². The van der Waals surface area contributed by atoms with Crippen LogP contribution >= 0.6 is 11.6 Å². The van der Waals surface area contributed by atoms with Gasteiger partial charge in [0, 0.05) is 17.0 Å². The van der Waals surface area contributed by atoms with Crippen LogP contribution < -0.4 is 5.32 Å². The van der Waals surface area contributed by atoms with Gasteiger partial charge in [0.2, 0.25) is 5.91 Å². The Morgan fingerprint density at radius 1 is 1.47 bits per heavy atom. The van der Waals surface area contributed by atoms with Crippen molar-refractivity contribution in [1.82, 2.24) is 4.90 Å². The summed E-state index contributed by atoms with van der Waals surface area (Å²) in [5.74, 6) is 5.60. The number of nitrogens with zero attached hydrogens (tertiary/aromatic N) is 1. The number of anilines is 1. The van der Waals surface area contributed by atoms with Gasteiger partial charge < -0.3 is 15.3 Å². The predicted molar refractivity (Wildman–Crippen MR) is 77.2 cm³/mol. The van der Waals surface area contributed by atoms with Crippen molar-refractivity contribution in [2.45, 2.75) is 6.42 Å². The average Bonchev–Trinajstić information content (AvgIpc) is 2.31. The number of halogens is 1. The third-order valence-electron chi connectivity index (χ3n) is 2.18. The Morgan fingerprint density at radius 3 is 2.84 bits per heavy atom. The van der Waals surface area contributed by atoms with Gasteiger partial charge in [0.1, 0.15) is 0 Å². The van der Waals surface area contributed by atoms with E-state index in [1.165, 1.54) is 0 Å². The first-order chi connectivity index (χ1) is 9.02. The normalized spacial score (nSPS) is 9.95. The second-order valence-electron chi connectivity index (χ2n) is 4.25.